The van der Waals surface area contributed by atoms with E-state index in [2.05, 4.69) is 36.7 Å². The van der Waals surface area contributed by atoms with Gasteiger partial charge in [0.1, 0.15) is 5.75 Å². The zero-order chi connectivity index (χ0) is 12.3. The Balaban J connectivity index is 3.33. The Morgan fingerprint density at radius 1 is 1.12 bits per heavy atom. The highest BCUT2D eigenvalue weighted by atomic mass is 79.9. The van der Waals surface area contributed by atoms with Crippen LogP contribution in [0.3, 0.4) is 0 Å². The van der Waals surface area contributed by atoms with Crippen molar-refractivity contribution in [3.05, 3.63) is 26.7 Å². The van der Waals surface area contributed by atoms with Gasteiger partial charge in [-0.3, -0.25) is 0 Å². The molecule has 0 saturated heterocycles. The summed E-state index contributed by atoms with van der Waals surface area (Å²) in [4.78, 5) is 0. The van der Waals surface area contributed by atoms with Crippen LogP contribution in [0.2, 0.25) is 0 Å². The molecule has 0 heterocycles. The van der Waals surface area contributed by atoms with Crippen LogP contribution in [0.5, 0.6) is 5.75 Å². The van der Waals surface area contributed by atoms with Gasteiger partial charge >= 0.3 is 0 Å². The lowest BCUT2D eigenvalue weighted by molar-refractivity contribution is 0.405. The van der Waals surface area contributed by atoms with Gasteiger partial charge < -0.3 is 10.5 Å². The van der Waals surface area contributed by atoms with Crippen molar-refractivity contribution in [1.82, 2.24) is 0 Å². The van der Waals surface area contributed by atoms with Crippen LogP contribution in [0.25, 0.3) is 0 Å². The van der Waals surface area contributed by atoms with Crippen molar-refractivity contribution < 1.29 is 4.74 Å². The summed E-state index contributed by atoms with van der Waals surface area (Å²) in [5, 5.41) is 0. The zero-order valence-electron chi connectivity index (χ0n) is 10.5. The quantitative estimate of drug-likeness (QED) is 0.922. The largest absolute Gasteiger partial charge is 0.496 e. The second kappa shape index (κ2) is 5.69. The van der Waals surface area contributed by atoms with Crippen LogP contribution in [0, 0.1) is 20.8 Å². The Morgan fingerprint density at radius 2 is 1.75 bits per heavy atom. The fourth-order valence-corrected chi connectivity index (χ4v) is 2.54. The number of hydrogen-bond acceptors (Lipinski definition) is 2. The molecule has 0 aliphatic rings. The summed E-state index contributed by atoms with van der Waals surface area (Å²) in [7, 11) is 1.74. The lowest BCUT2D eigenvalue weighted by Crippen LogP contribution is -2.05. The summed E-state index contributed by atoms with van der Waals surface area (Å²) >= 11 is 3.65. The number of halogens is 1. The lowest BCUT2D eigenvalue weighted by Gasteiger charge is -2.18. The van der Waals surface area contributed by atoms with E-state index in [1.807, 2.05) is 0 Å². The van der Waals surface area contributed by atoms with Crippen molar-refractivity contribution in [2.24, 2.45) is 5.73 Å². The molecule has 0 aromatic heterocycles. The fourth-order valence-electron chi connectivity index (χ4n) is 2.00. The smallest absolute Gasteiger partial charge is 0.125 e. The second-order valence-electron chi connectivity index (χ2n) is 4.09. The molecule has 0 spiro atoms. The van der Waals surface area contributed by atoms with Crippen molar-refractivity contribution in [2.75, 3.05) is 13.7 Å². The number of rotatable bonds is 4. The first-order valence-corrected chi connectivity index (χ1v) is 6.36. The highest BCUT2D eigenvalue weighted by molar-refractivity contribution is 9.10. The third-order valence-electron chi connectivity index (χ3n) is 3.12. The van der Waals surface area contributed by atoms with E-state index in [0.29, 0.717) is 6.54 Å². The molecule has 0 aliphatic carbocycles. The fraction of sp³-hybridized carbons (Fsp3) is 0.538. The summed E-state index contributed by atoms with van der Waals surface area (Å²) in [6, 6.07) is 0. The average molecular weight is 286 g/mol. The van der Waals surface area contributed by atoms with E-state index in [0.717, 1.165) is 18.6 Å². The Kier molecular flexibility index (Phi) is 4.81. The molecule has 3 heteroatoms. The normalized spacial score (nSPS) is 10.6. The monoisotopic (exact) mass is 285 g/mol. The van der Waals surface area contributed by atoms with Gasteiger partial charge in [0.25, 0.3) is 0 Å². The van der Waals surface area contributed by atoms with E-state index in [9.17, 15) is 0 Å². The summed E-state index contributed by atoms with van der Waals surface area (Å²) in [6.07, 6.45) is 1.97. The molecule has 90 valence electrons. The Morgan fingerprint density at radius 3 is 2.25 bits per heavy atom. The molecule has 0 bridgehead atoms. The minimum absolute atomic E-state index is 0.715. The van der Waals surface area contributed by atoms with Crippen molar-refractivity contribution >= 4 is 15.9 Å². The molecule has 0 atom stereocenters. The molecule has 1 aromatic rings. The maximum absolute atomic E-state index is 5.57. The molecule has 0 radical (unpaired) electrons. The van der Waals surface area contributed by atoms with Gasteiger partial charge in [0, 0.05) is 4.47 Å². The van der Waals surface area contributed by atoms with Crippen LogP contribution < -0.4 is 10.5 Å². The Labute approximate surface area is 106 Å². The number of ether oxygens (including phenoxy) is 1. The topological polar surface area (TPSA) is 35.2 Å². The van der Waals surface area contributed by atoms with Crippen molar-refractivity contribution in [3.63, 3.8) is 0 Å². The number of hydrogen-bond donors (Lipinski definition) is 1. The van der Waals surface area contributed by atoms with Crippen molar-refractivity contribution in [2.45, 2.75) is 33.6 Å². The maximum atomic E-state index is 5.57. The molecule has 2 nitrogen and oxygen atoms in total. The van der Waals surface area contributed by atoms with E-state index in [1.165, 1.54) is 26.7 Å². The van der Waals surface area contributed by atoms with Crippen LogP contribution >= 0.6 is 15.9 Å². The van der Waals surface area contributed by atoms with Gasteiger partial charge in [-0.1, -0.05) is 15.9 Å². The average Bonchev–Trinajstić information content (AvgIpc) is 2.29. The summed E-state index contributed by atoms with van der Waals surface area (Å²) in [5.41, 5.74) is 10.6. The standard InChI is InChI=1S/C13H20BrNO/c1-8-9(2)13(16-4)11(6-5-7-15)10(3)12(8)14/h5-7,15H2,1-4H3. The predicted octanol–water partition coefficient (Wildman–Crippen LogP) is 3.27. The van der Waals surface area contributed by atoms with Gasteiger partial charge in [0.15, 0.2) is 0 Å². The lowest BCUT2D eigenvalue weighted by atomic mass is 9.96. The third-order valence-corrected chi connectivity index (χ3v) is 4.31. The maximum Gasteiger partial charge on any atom is 0.125 e. The molecule has 0 aliphatic heterocycles. The molecule has 0 amide bonds. The number of benzene rings is 1. The molecular weight excluding hydrogens is 266 g/mol. The Hall–Kier alpha value is -0.540. The molecule has 0 fully saturated rings. The first-order valence-electron chi connectivity index (χ1n) is 5.56. The molecule has 1 rings (SSSR count). The third kappa shape index (κ3) is 2.41. The summed E-state index contributed by atoms with van der Waals surface area (Å²) in [5.74, 6) is 1.02. The van der Waals surface area contributed by atoms with Crippen LogP contribution in [-0.4, -0.2) is 13.7 Å². The SMILES string of the molecule is COc1c(C)c(C)c(Br)c(C)c1CCCN. The molecule has 16 heavy (non-hydrogen) atoms. The van der Waals surface area contributed by atoms with Gasteiger partial charge in [-0.05, 0) is 62.4 Å². The van der Waals surface area contributed by atoms with Gasteiger partial charge in [-0.25, -0.2) is 0 Å². The van der Waals surface area contributed by atoms with Crippen LogP contribution in [0.1, 0.15) is 28.7 Å². The zero-order valence-corrected chi connectivity index (χ0v) is 12.1. The van der Waals surface area contributed by atoms with E-state index < -0.39 is 0 Å². The molecule has 1 aromatic carbocycles. The first kappa shape index (κ1) is 13.5. The minimum atomic E-state index is 0.715. The van der Waals surface area contributed by atoms with E-state index in [-0.39, 0.29) is 0 Å². The van der Waals surface area contributed by atoms with Crippen molar-refractivity contribution in [1.29, 1.82) is 0 Å². The van der Waals surface area contributed by atoms with E-state index in [4.69, 9.17) is 10.5 Å². The first-order chi connectivity index (χ1) is 7.54. The van der Waals surface area contributed by atoms with Crippen LogP contribution in [-0.2, 0) is 6.42 Å². The van der Waals surface area contributed by atoms with Gasteiger partial charge in [-0.15, -0.1) is 0 Å². The minimum Gasteiger partial charge on any atom is -0.496 e. The van der Waals surface area contributed by atoms with Gasteiger partial charge in [0.05, 0.1) is 7.11 Å². The van der Waals surface area contributed by atoms with E-state index in [1.54, 1.807) is 7.11 Å². The molecule has 0 saturated carbocycles. The number of nitrogens with two attached hydrogens (primary N) is 1. The highest BCUT2D eigenvalue weighted by Gasteiger charge is 2.15. The van der Waals surface area contributed by atoms with Crippen LogP contribution in [0.4, 0.5) is 0 Å². The van der Waals surface area contributed by atoms with Gasteiger partial charge in [0.2, 0.25) is 0 Å². The summed E-state index contributed by atoms with van der Waals surface area (Å²) < 4.78 is 6.72. The van der Waals surface area contributed by atoms with E-state index >= 15 is 0 Å². The second-order valence-corrected chi connectivity index (χ2v) is 4.89. The van der Waals surface area contributed by atoms with Gasteiger partial charge in [-0.2, -0.15) is 0 Å². The summed E-state index contributed by atoms with van der Waals surface area (Å²) in [6.45, 7) is 7.06. The molecule has 0 unspecified atom stereocenters. The predicted molar refractivity (Wildman–Crippen MR) is 72.3 cm³/mol. The molecular formula is C13H20BrNO. The highest BCUT2D eigenvalue weighted by Crippen LogP contribution is 2.36. The van der Waals surface area contributed by atoms with Crippen molar-refractivity contribution in [3.8, 4) is 5.75 Å². The molecule has 2 N–H and O–H groups in total. The Bertz CT molecular complexity index is 388. The number of methoxy groups -OCH3 is 1. The van der Waals surface area contributed by atoms with Crippen LogP contribution in [0.15, 0.2) is 4.47 Å².